The van der Waals surface area contributed by atoms with Gasteiger partial charge < -0.3 is 19.4 Å². The molecule has 7 nitrogen and oxygen atoms in total. The lowest BCUT2D eigenvalue weighted by Gasteiger charge is -2.18. The number of ether oxygens (including phenoxy) is 2. The van der Waals surface area contributed by atoms with Crippen molar-refractivity contribution in [2.75, 3.05) is 19.8 Å². The highest BCUT2D eigenvalue weighted by Crippen LogP contribution is 2.30. The third-order valence-corrected chi connectivity index (χ3v) is 4.89. The second-order valence-electron chi connectivity index (χ2n) is 6.97. The van der Waals surface area contributed by atoms with Crippen LogP contribution < -0.4 is 15.0 Å². The van der Waals surface area contributed by atoms with E-state index >= 15 is 0 Å². The molecule has 4 rings (SSSR count). The van der Waals surface area contributed by atoms with Crippen LogP contribution in [0.2, 0.25) is 0 Å². The number of fused-ring (bicyclic) bond motifs is 2. The molecule has 3 aromatic rings. The first kappa shape index (κ1) is 19.7. The molecule has 30 heavy (non-hydrogen) atoms. The van der Waals surface area contributed by atoms with E-state index in [2.05, 4.69) is 9.97 Å². The van der Waals surface area contributed by atoms with Crippen LogP contribution in [0.4, 0.5) is 0 Å². The van der Waals surface area contributed by atoms with Gasteiger partial charge in [0.25, 0.3) is 5.56 Å². The Morgan fingerprint density at radius 1 is 1.17 bits per heavy atom. The van der Waals surface area contributed by atoms with E-state index in [0.29, 0.717) is 42.2 Å². The summed E-state index contributed by atoms with van der Waals surface area (Å²) in [7, 11) is 0. The smallest absolute Gasteiger partial charge is 0.258 e. The van der Waals surface area contributed by atoms with Crippen LogP contribution in [0.1, 0.15) is 24.7 Å². The largest absolute Gasteiger partial charge is 0.490 e. The van der Waals surface area contributed by atoms with E-state index in [-0.39, 0.29) is 18.0 Å². The molecule has 0 radical (unpaired) electrons. The van der Waals surface area contributed by atoms with Crippen molar-refractivity contribution in [3.63, 3.8) is 0 Å². The summed E-state index contributed by atoms with van der Waals surface area (Å²) in [5.41, 5.74) is 1.25. The molecule has 0 unspecified atom stereocenters. The highest BCUT2D eigenvalue weighted by Gasteiger charge is 2.13. The van der Waals surface area contributed by atoms with Gasteiger partial charge in [0.2, 0.25) is 5.91 Å². The molecule has 0 aliphatic carbocycles. The Morgan fingerprint density at radius 2 is 1.97 bits per heavy atom. The van der Waals surface area contributed by atoms with Gasteiger partial charge in [-0.2, -0.15) is 0 Å². The molecule has 1 aliphatic rings. The second kappa shape index (κ2) is 8.82. The highest BCUT2D eigenvalue weighted by atomic mass is 16.5. The first-order valence-corrected chi connectivity index (χ1v) is 9.98. The van der Waals surface area contributed by atoms with Gasteiger partial charge in [-0.05, 0) is 42.8 Å². The molecule has 1 N–H and O–H groups in total. The van der Waals surface area contributed by atoms with E-state index in [1.807, 2.05) is 31.2 Å². The van der Waals surface area contributed by atoms with Gasteiger partial charge in [0.15, 0.2) is 11.5 Å². The third kappa shape index (κ3) is 4.35. The van der Waals surface area contributed by atoms with Gasteiger partial charge in [0.05, 0.1) is 30.7 Å². The maximum absolute atomic E-state index is 12.7. The predicted molar refractivity (Wildman–Crippen MR) is 115 cm³/mol. The Balaban J connectivity index is 1.49. The van der Waals surface area contributed by atoms with Crippen LogP contribution in [0.3, 0.4) is 0 Å². The summed E-state index contributed by atoms with van der Waals surface area (Å²) in [6, 6.07) is 12.7. The van der Waals surface area contributed by atoms with E-state index in [1.54, 1.807) is 29.2 Å². The van der Waals surface area contributed by atoms with E-state index in [9.17, 15) is 9.59 Å². The van der Waals surface area contributed by atoms with Gasteiger partial charge in [-0.3, -0.25) is 9.59 Å². The summed E-state index contributed by atoms with van der Waals surface area (Å²) in [5, 5.41) is 0.532. The number of rotatable bonds is 5. The second-order valence-corrected chi connectivity index (χ2v) is 6.97. The van der Waals surface area contributed by atoms with Gasteiger partial charge in [0, 0.05) is 19.0 Å². The summed E-state index contributed by atoms with van der Waals surface area (Å²) < 4.78 is 11.3. The number of para-hydroxylation sites is 1. The van der Waals surface area contributed by atoms with Gasteiger partial charge in [-0.1, -0.05) is 18.2 Å². The van der Waals surface area contributed by atoms with E-state index < -0.39 is 0 Å². The van der Waals surface area contributed by atoms with Crippen molar-refractivity contribution in [1.82, 2.24) is 14.9 Å². The van der Waals surface area contributed by atoms with Crippen molar-refractivity contribution < 1.29 is 14.3 Å². The Kier molecular flexibility index (Phi) is 5.79. The lowest BCUT2D eigenvalue weighted by molar-refractivity contribution is -0.126. The molecular formula is C23H23N3O4. The lowest BCUT2D eigenvalue weighted by Crippen LogP contribution is -2.30. The lowest BCUT2D eigenvalue weighted by atomic mass is 10.2. The minimum Gasteiger partial charge on any atom is -0.490 e. The fourth-order valence-corrected chi connectivity index (χ4v) is 3.29. The molecule has 7 heteroatoms. The van der Waals surface area contributed by atoms with Crippen molar-refractivity contribution in [3.8, 4) is 11.5 Å². The van der Waals surface area contributed by atoms with Crippen molar-refractivity contribution >= 4 is 22.9 Å². The zero-order chi connectivity index (χ0) is 20.9. The molecule has 0 bridgehead atoms. The summed E-state index contributed by atoms with van der Waals surface area (Å²) >= 11 is 0. The number of nitrogens with one attached hydrogen (secondary N) is 1. The zero-order valence-electron chi connectivity index (χ0n) is 16.8. The number of hydrogen-bond acceptors (Lipinski definition) is 5. The number of benzene rings is 2. The van der Waals surface area contributed by atoms with Crippen LogP contribution in [0, 0.1) is 0 Å². The first-order valence-electron chi connectivity index (χ1n) is 9.98. The number of aromatic amines is 1. The van der Waals surface area contributed by atoms with Crippen LogP contribution >= 0.6 is 0 Å². The number of nitrogens with zero attached hydrogens (tertiary/aromatic N) is 2. The van der Waals surface area contributed by atoms with E-state index in [1.165, 1.54) is 6.08 Å². The van der Waals surface area contributed by atoms with Gasteiger partial charge in [0.1, 0.15) is 5.82 Å². The fraction of sp³-hybridized carbons (Fsp3) is 0.261. The van der Waals surface area contributed by atoms with Crippen LogP contribution in [-0.2, 0) is 11.3 Å². The predicted octanol–water partition coefficient (Wildman–Crippen LogP) is 3.15. The van der Waals surface area contributed by atoms with Crippen LogP contribution in [0.15, 0.2) is 53.3 Å². The molecule has 0 atom stereocenters. The molecule has 0 saturated heterocycles. The molecule has 1 aromatic heterocycles. The summed E-state index contributed by atoms with van der Waals surface area (Å²) in [6.45, 7) is 3.84. The Hall–Kier alpha value is -3.61. The minimum atomic E-state index is -0.207. The first-order chi connectivity index (χ1) is 14.6. The molecule has 2 aromatic carbocycles. The zero-order valence-corrected chi connectivity index (χ0v) is 16.8. The Morgan fingerprint density at radius 3 is 2.80 bits per heavy atom. The molecule has 2 heterocycles. The average molecular weight is 405 g/mol. The molecular weight excluding hydrogens is 382 g/mol. The maximum Gasteiger partial charge on any atom is 0.258 e. The van der Waals surface area contributed by atoms with Crippen LogP contribution in [0.5, 0.6) is 11.5 Å². The summed E-state index contributed by atoms with van der Waals surface area (Å²) in [6.07, 6.45) is 4.10. The van der Waals surface area contributed by atoms with E-state index in [0.717, 1.165) is 17.7 Å². The Bertz CT molecular complexity index is 1150. The average Bonchev–Trinajstić information content (AvgIpc) is 3.01. The molecule has 1 aliphatic heterocycles. The molecule has 1 amide bonds. The van der Waals surface area contributed by atoms with Crippen LogP contribution in [0.25, 0.3) is 17.0 Å². The monoisotopic (exact) mass is 405 g/mol. The molecule has 154 valence electrons. The van der Waals surface area contributed by atoms with Crippen molar-refractivity contribution in [1.29, 1.82) is 0 Å². The van der Waals surface area contributed by atoms with Crippen LogP contribution in [-0.4, -0.2) is 40.5 Å². The number of H-pyrrole nitrogens is 1. The van der Waals surface area contributed by atoms with Gasteiger partial charge in [-0.25, -0.2) is 4.98 Å². The number of carbonyl (C=O) groups is 1. The summed E-state index contributed by atoms with van der Waals surface area (Å²) in [5.74, 6) is 1.70. The summed E-state index contributed by atoms with van der Waals surface area (Å²) in [4.78, 5) is 33.8. The SMILES string of the molecule is CCN(Cc1nc2ccccc2c(=O)[nH]1)C(=O)/C=C/c1ccc2c(c1)OCCCO2. The number of aromatic nitrogens is 2. The highest BCUT2D eigenvalue weighted by molar-refractivity contribution is 5.91. The normalized spacial score (nSPS) is 13.4. The van der Waals surface area contributed by atoms with Gasteiger partial charge in [-0.15, -0.1) is 0 Å². The van der Waals surface area contributed by atoms with Crippen molar-refractivity contribution in [2.45, 2.75) is 19.9 Å². The maximum atomic E-state index is 12.7. The topological polar surface area (TPSA) is 84.5 Å². The molecule has 0 saturated carbocycles. The fourth-order valence-electron chi connectivity index (χ4n) is 3.29. The number of likely N-dealkylation sites (N-methyl/N-ethyl adjacent to an activating group) is 1. The number of amides is 1. The number of carbonyl (C=O) groups excluding carboxylic acids is 1. The van der Waals surface area contributed by atoms with Gasteiger partial charge >= 0.3 is 0 Å². The quantitative estimate of drug-likeness (QED) is 0.659. The van der Waals surface area contributed by atoms with E-state index in [4.69, 9.17) is 9.47 Å². The third-order valence-electron chi connectivity index (χ3n) is 4.89. The standard InChI is InChI=1S/C23H23N3O4/c1-2-26(15-21-24-18-7-4-3-6-17(18)23(28)25-21)22(27)11-9-16-8-10-19-20(14-16)30-13-5-12-29-19/h3-4,6-11,14H,2,5,12-13,15H2,1H3,(H,24,25,28)/b11-9+. The molecule has 0 fully saturated rings. The Labute approximate surface area is 174 Å². The minimum absolute atomic E-state index is 0.166. The number of hydrogen-bond donors (Lipinski definition) is 1. The van der Waals surface area contributed by atoms with Crippen molar-refractivity contribution in [2.24, 2.45) is 0 Å². The van der Waals surface area contributed by atoms with Crippen molar-refractivity contribution in [3.05, 3.63) is 70.3 Å². The molecule has 0 spiro atoms.